The van der Waals surface area contributed by atoms with Crippen LogP contribution in [-0.4, -0.2) is 64.3 Å². The van der Waals surface area contributed by atoms with Crippen LogP contribution in [0.15, 0.2) is 37.1 Å². The number of rotatable bonds is 6. The van der Waals surface area contributed by atoms with Gasteiger partial charge in [-0.05, 0) is 25.0 Å². The zero-order chi connectivity index (χ0) is 18.5. The second kappa shape index (κ2) is 8.28. The molecule has 2 aliphatic rings. The van der Waals surface area contributed by atoms with E-state index >= 15 is 0 Å². The van der Waals surface area contributed by atoms with Gasteiger partial charge in [0.15, 0.2) is 11.6 Å². The molecule has 0 bridgehead atoms. The van der Waals surface area contributed by atoms with E-state index in [1.165, 1.54) is 12.8 Å². The molecule has 2 aliphatic heterocycles. The number of ether oxygens (including phenoxy) is 1. The number of aromatic nitrogens is 3. The van der Waals surface area contributed by atoms with Crippen LogP contribution in [0.1, 0.15) is 19.3 Å². The first-order valence-electron chi connectivity index (χ1n) is 9.65. The van der Waals surface area contributed by atoms with E-state index in [0.29, 0.717) is 26.2 Å². The second-order valence-electron chi connectivity index (χ2n) is 7.03. The summed E-state index contributed by atoms with van der Waals surface area (Å²) < 4.78 is 8.17. The summed E-state index contributed by atoms with van der Waals surface area (Å²) in [6, 6.07) is 3.85. The Bertz CT molecular complexity index is 744. The minimum absolute atomic E-state index is 0.00921. The number of nitrogens with zero attached hydrogens (tertiary/aromatic N) is 5. The van der Waals surface area contributed by atoms with Crippen molar-refractivity contribution in [2.45, 2.75) is 31.9 Å². The average molecular weight is 370 g/mol. The smallest absolute Gasteiger partial charge is 0.317 e. The summed E-state index contributed by atoms with van der Waals surface area (Å²) in [6.45, 7) is 4.67. The fraction of sp³-hybridized carbons (Fsp3) is 0.526. The summed E-state index contributed by atoms with van der Waals surface area (Å²) in [5.74, 6) is 1.75. The van der Waals surface area contributed by atoms with E-state index in [4.69, 9.17) is 4.74 Å². The minimum atomic E-state index is -0.0350. The number of urea groups is 1. The van der Waals surface area contributed by atoms with E-state index in [0.717, 1.165) is 31.1 Å². The van der Waals surface area contributed by atoms with Crippen LogP contribution in [0.3, 0.4) is 0 Å². The lowest BCUT2D eigenvalue weighted by Crippen LogP contribution is -2.40. The number of carbonyl (C=O) groups excluding carboxylic acids is 1. The predicted octanol–water partition coefficient (Wildman–Crippen LogP) is 1.74. The van der Waals surface area contributed by atoms with Gasteiger partial charge in [0.2, 0.25) is 0 Å². The van der Waals surface area contributed by atoms with Gasteiger partial charge < -0.3 is 24.4 Å². The third-order valence-corrected chi connectivity index (χ3v) is 5.09. The van der Waals surface area contributed by atoms with E-state index < -0.39 is 0 Å². The van der Waals surface area contributed by atoms with E-state index in [1.54, 1.807) is 12.5 Å². The summed E-state index contributed by atoms with van der Waals surface area (Å²) in [5, 5.41) is 2.97. The molecular formula is C19H26N6O2. The van der Waals surface area contributed by atoms with E-state index in [2.05, 4.69) is 20.2 Å². The Hall–Kier alpha value is -2.77. The Morgan fingerprint density at radius 2 is 2.15 bits per heavy atom. The van der Waals surface area contributed by atoms with Crippen molar-refractivity contribution < 1.29 is 9.53 Å². The fourth-order valence-corrected chi connectivity index (χ4v) is 3.65. The van der Waals surface area contributed by atoms with Crippen molar-refractivity contribution in [2.75, 3.05) is 37.6 Å². The number of amides is 2. The molecule has 8 heteroatoms. The molecule has 27 heavy (non-hydrogen) atoms. The van der Waals surface area contributed by atoms with Crippen molar-refractivity contribution in [3.8, 4) is 5.75 Å². The molecule has 0 radical (unpaired) electrons. The van der Waals surface area contributed by atoms with Crippen molar-refractivity contribution in [3.63, 3.8) is 0 Å². The average Bonchev–Trinajstić information content (AvgIpc) is 3.45. The maximum Gasteiger partial charge on any atom is 0.317 e. The van der Waals surface area contributed by atoms with Gasteiger partial charge in [-0.3, -0.25) is 0 Å². The van der Waals surface area contributed by atoms with Gasteiger partial charge >= 0.3 is 6.03 Å². The van der Waals surface area contributed by atoms with Crippen molar-refractivity contribution in [2.24, 2.45) is 0 Å². The molecule has 0 saturated carbocycles. The van der Waals surface area contributed by atoms with Crippen molar-refractivity contribution in [1.82, 2.24) is 24.8 Å². The Morgan fingerprint density at radius 1 is 1.26 bits per heavy atom. The van der Waals surface area contributed by atoms with Crippen LogP contribution in [0.25, 0.3) is 0 Å². The SMILES string of the molecule is O=C(NCCn1ccnc1)N1CC[C@@H](Oc2cccnc2N2CCCC2)C1. The molecule has 2 amide bonds. The first-order valence-corrected chi connectivity index (χ1v) is 9.65. The summed E-state index contributed by atoms with van der Waals surface area (Å²) in [4.78, 5) is 25.0. The normalized spacial score (nSPS) is 19.5. The first-order chi connectivity index (χ1) is 13.3. The fourth-order valence-electron chi connectivity index (χ4n) is 3.65. The van der Waals surface area contributed by atoms with Crippen LogP contribution in [-0.2, 0) is 6.54 Å². The number of anilines is 1. The van der Waals surface area contributed by atoms with E-state index in [1.807, 2.05) is 34.0 Å². The maximum absolute atomic E-state index is 12.4. The standard InChI is InChI=1S/C19H26N6O2/c26-19(22-8-13-23-12-7-20-15-23)25-11-5-16(14-25)27-17-4-3-6-21-18(17)24-9-1-2-10-24/h3-4,6-7,12,15-16H,1-2,5,8-11,13-14H2,(H,22,26)/t16-/m1/s1. The molecule has 2 aromatic rings. The lowest BCUT2D eigenvalue weighted by molar-refractivity contribution is 0.186. The second-order valence-corrected chi connectivity index (χ2v) is 7.03. The Kier molecular flexibility index (Phi) is 5.41. The molecule has 1 N–H and O–H groups in total. The largest absolute Gasteiger partial charge is 0.485 e. The number of hydrogen-bond acceptors (Lipinski definition) is 5. The van der Waals surface area contributed by atoms with Gasteiger partial charge in [-0.2, -0.15) is 0 Å². The van der Waals surface area contributed by atoms with Gasteiger partial charge in [0.25, 0.3) is 0 Å². The monoisotopic (exact) mass is 370 g/mol. The van der Waals surface area contributed by atoms with Crippen LogP contribution in [0.4, 0.5) is 10.6 Å². The van der Waals surface area contributed by atoms with Gasteiger partial charge in [0.1, 0.15) is 6.10 Å². The molecule has 2 fully saturated rings. The third kappa shape index (κ3) is 4.32. The topological polar surface area (TPSA) is 75.5 Å². The molecular weight excluding hydrogens is 344 g/mol. The highest BCUT2D eigenvalue weighted by Crippen LogP contribution is 2.30. The summed E-state index contributed by atoms with van der Waals surface area (Å²) in [7, 11) is 0. The zero-order valence-electron chi connectivity index (χ0n) is 15.5. The number of hydrogen-bond donors (Lipinski definition) is 1. The van der Waals surface area contributed by atoms with Crippen LogP contribution in [0.2, 0.25) is 0 Å². The predicted molar refractivity (Wildman–Crippen MR) is 102 cm³/mol. The molecule has 144 valence electrons. The van der Waals surface area contributed by atoms with Crippen LogP contribution in [0.5, 0.6) is 5.75 Å². The molecule has 2 aromatic heterocycles. The molecule has 0 aromatic carbocycles. The molecule has 0 unspecified atom stereocenters. The highest BCUT2D eigenvalue weighted by atomic mass is 16.5. The Labute approximate surface area is 159 Å². The van der Waals surface area contributed by atoms with Gasteiger partial charge in [-0.25, -0.2) is 14.8 Å². The third-order valence-electron chi connectivity index (χ3n) is 5.09. The minimum Gasteiger partial charge on any atom is -0.485 e. The number of imidazole rings is 1. The molecule has 1 atom stereocenters. The van der Waals surface area contributed by atoms with Crippen molar-refractivity contribution in [3.05, 3.63) is 37.1 Å². The number of nitrogens with one attached hydrogen (secondary N) is 1. The lowest BCUT2D eigenvalue weighted by atomic mass is 10.3. The molecule has 2 saturated heterocycles. The molecule has 4 heterocycles. The highest BCUT2D eigenvalue weighted by Gasteiger charge is 2.29. The van der Waals surface area contributed by atoms with Crippen LogP contribution in [0, 0.1) is 0 Å². The van der Waals surface area contributed by atoms with Gasteiger partial charge in [0, 0.05) is 57.7 Å². The molecule has 4 rings (SSSR count). The summed E-state index contributed by atoms with van der Waals surface area (Å²) >= 11 is 0. The van der Waals surface area contributed by atoms with Crippen molar-refractivity contribution in [1.29, 1.82) is 0 Å². The van der Waals surface area contributed by atoms with Gasteiger partial charge in [-0.1, -0.05) is 0 Å². The maximum atomic E-state index is 12.4. The van der Waals surface area contributed by atoms with E-state index in [9.17, 15) is 4.79 Å². The van der Waals surface area contributed by atoms with Crippen LogP contribution >= 0.6 is 0 Å². The van der Waals surface area contributed by atoms with E-state index in [-0.39, 0.29) is 12.1 Å². The molecule has 0 spiro atoms. The number of likely N-dealkylation sites (tertiary alicyclic amines) is 1. The quantitative estimate of drug-likeness (QED) is 0.838. The summed E-state index contributed by atoms with van der Waals surface area (Å²) in [5.41, 5.74) is 0. The van der Waals surface area contributed by atoms with Gasteiger partial charge in [-0.15, -0.1) is 0 Å². The van der Waals surface area contributed by atoms with Crippen LogP contribution < -0.4 is 15.0 Å². The number of carbonyl (C=O) groups is 1. The first kappa shape index (κ1) is 17.6. The molecule has 0 aliphatic carbocycles. The number of pyridine rings is 1. The highest BCUT2D eigenvalue weighted by molar-refractivity contribution is 5.74. The molecule has 8 nitrogen and oxygen atoms in total. The van der Waals surface area contributed by atoms with Crippen molar-refractivity contribution >= 4 is 11.8 Å². The summed E-state index contributed by atoms with van der Waals surface area (Å²) in [6.07, 6.45) is 10.4. The lowest BCUT2D eigenvalue weighted by Gasteiger charge is -2.22. The Morgan fingerprint density at radius 3 is 2.96 bits per heavy atom. The zero-order valence-corrected chi connectivity index (χ0v) is 15.5. The van der Waals surface area contributed by atoms with Gasteiger partial charge in [0.05, 0.1) is 12.9 Å². The Balaban J connectivity index is 1.28.